The molecule has 5 nitrogen and oxygen atoms in total. The van der Waals surface area contributed by atoms with Gasteiger partial charge in [-0.05, 0) is 29.0 Å². The van der Waals surface area contributed by atoms with Crippen molar-refractivity contribution in [1.29, 1.82) is 0 Å². The predicted octanol–water partition coefficient (Wildman–Crippen LogP) is 3.45. The van der Waals surface area contributed by atoms with Gasteiger partial charge >= 0.3 is 5.97 Å². The zero-order valence-electron chi connectivity index (χ0n) is 13.4. The third-order valence-electron chi connectivity index (χ3n) is 4.35. The lowest BCUT2D eigenvalue weighted by molar-refractivity contribution is -0.355. The van der Waals surface area contributed by atoms with E-state index >= 15 is 0 Å². The van der Waals surface area contributed by atoms with E-state index in [1.807, 2.05) is 36.4 Å². The summed E-state index contributed by atoms with van der Waals surface area (Å²) in [5.41, 5.74) is 1.32. The second-order valence-electron chi connectivity index (χ2n) is 5.72. The van der Waals surface area contributed by atoms with Crippen molar-refractivity contribution in [1.82, 2.24) is 0 Å². The molecule has 0 aliphatic carbocycles. The maximum atomic E-state index is 12.8. The Balaban J connectivity index is 1.94. The summed E-state index contributed by atoms with van der Waals surface area (Å²) < 4.78 is 5.28. The normalized spacial score (nSPS) is 13.2. The van der Waals surface area contributed by atoms with E-state index in [1.54, 1.807) is 6.07 Å². The number of Topliss-reactive ketones (excluding diaryl/α,β-unsaturated/α-hetero) is 1. The fraction of sp³-hybridized carbons (Fsp3) is 0.0500. The quantitative estimate of drug-likeness (QED) is 0.410. The molecule has 1 aliphatic rings. The van der Waals surface area contributed by atoms with Crippen molar-refractivity contribution in [2.45, 2.75) is 0 Å². The van der Waals surface area contributed by atoms with Crippen molar-refractivity contribution >= 4 is 33.9 Å². The van der Waals surface area contributed by atoms with E-state index in [0.29, 0.717) is 10.3 Å². The van der Waals surface area contributed by atoms with E-state index in [2.05, 4.69) is 4.74 Å². The molecule has 1 heterocycles. The minimum atomic E-state index is -0.553. The Bertz CT molecular complexity index is 1080. The first-order valence-corrected chi connectivity index (χ1v) is 7.71. The van der Waals surface area contributed by atoms with Crippen LogP contribution in [0.15, 0.2) is 60.7 Å². The van der Waals surface area contributed by atoms with Gasteiger partial charge in [0.25, 0.3) is 11.5 Å². The van der Waals surface area contributed by atoms with Crippen LogP contribution in [-0.2, 0) is 4.74 Å². The summed E-state index contributed by atoms with van der Waals surface area (Å²) in [7, 11) is 1.27. The lowest BCUT2D eigenvalue weighted by atomic mass is 9.97. The number of carbonyl (C=O) groups is 2. The molecule has 4 rings (SSSR count). The number of fused-ring (bicyclic) bond motifs is 2. The predicted molar refractivity (Wildman–Crippen MR) is 93.5 cm³/mol. The molecule has 0 radical (unpaired) electrons. The van der Waals surface area contributed by atoms with Crippen molar-refractivity contribution in [3.63, 3.8) is 0 Å². The zero-order chi connectivity index (χ0) is 17.6. The van der Waals surface area contributed by atoms with Gasteiger partial charge in [0.2, 0.25) is 5.69 Å². The molecule has 1 aliphatic heterocycles. The Morgan fingerprint density at radius 2 is 1.76 bits per heavy atom. The van der Waals surface area contributed by atoms with E-state index < -0.39 is 5.97 Å². The van der Waals surface area contributed by atoms with Gasteiger partial charge in [-0.1, -0.05) is 36.4 Å². The first-order chi connectivity index (χ1) is 12.1. The fourth-order valence-electron chi connectivity index (χ4n) is 3.14. The number of ether oxygens (including phenoxy) is 1. The van der Waals surface area contributed by atoms with Crippen molar-refractivity contribution in [2.75, 3.05) is 7.11 Å². The second-order valence-corrected chi connectivity index (χ2v) is 5.72. The third kappa shape index (κ3) is 2.21. The fourth-order valence-corrected chi connectivity index (χ4v) is 3.14. The van der Waals surface area contributed by atoms with Gasteiger partial charge in [-0.25, -0.2) is 4.79 Å². The Labute approximate surface area is 143 Å². The number of methoxy groups -OCH3 is 1. The number of ketones is 1. The van der Waals surface area contributed by atoms with Gasteiger partial charge in [0, 0.05) is 6.07 Å². The number of benzene rings is 3. The standard InChI is InChI=1S/C20H13NO4/c1-25-20(23)13-9-10-16-17(11-13)21(24)18(19(16)22)15-8-4-6-12-5-2-3-7-14(12)15/h2-11H,1H3. The third-order valence-corrected chi connectivity index (χ3v) is 4.35. The van der Waals surface area contributed by atoms with Crippen LogP contribution in [0.4, 0.5) is 5.69 Å². The summed E-state index contributed by atoms with van der Waals surface area (Å²) >= 11 is 0. The topological polar surface area (TPSA) is 69.4 Å². The average Bonchev–Trinajstić information content (AvgIpc) is 2.91. The molecule has 3 aromatic rings. The summed E-state index contributed by atoms with van der Waals surface area (Å²) in [6.07, 6.45) is 0. The van der Waals surface area contributed by atoms with E-state index in [1.165, 1.54) is 25.3 Å². The molecular weight excluding hydrogens is 318 g/mol. The van der Waals surface area contributed by atoms with E-state index in [4.69, 9.17) is 0 Å². The highest BCUT2D eigenvalue weighted by Crippen LogP contribution is 2.31. The molecule has 0 bridgehead atoms. The summed E-state index contributed by atoms with van der Waals surface area (Å²) in [5.74, 6) is -0.903. The van der Waals surface area contributed by atoms with Gasteiger partial charge in [-0.3, -0.25) is 4.79 Å². The molecule has 0 N–H and O–H groups in total. The van der Waals surface area contributed by atoms with Gasteiger partial charge in [0.1, 0.15) is 5.56 Å². The largest absolute Gasteiger partial charge is 0.618 e. The Kier molecular flexibility index (Phi) is 3.35. The van der Waals surface area contributed by atoms with Crippen LogP contribution >= 0.6 is 0 Å². The Morgan fingerprint density at radius 1 is 1.00 bits per heavy atom. The van der Waals surface area contributed by atoms with E-state index in [9.17, 15) is 14.8 Å². The molecule has 0 fully saturated rings. The number of carbonyl (C=O) groups excluding carboxylic acids is 2. The van der Waals surface area contributed by atoms with Crippen LogP contribution in [0.2, 0.25) is 0 Å². The first kappa shape index (κ1) is 15.1. The minimum Gasteiger partial charge on any atom is -0.618 e. The molecule has 0 amide bonds. The molecule has 0 saturated heterocycles. The zero-order valence-corrected chi connectivity index (χ0v) is 13.4. The summed E-state index contributed by atoms with van der Waals surface area (Å²) in [4.78, 5) is 24.5. The van der Waals surface area contributed by atoms with Crippen molar-refractivity contribution in [3.8, 4) is 0 Å². The van der Waals surface area contributed by atoms with Crippen LogP contribution in [0.25, 0.3) is 10.8 Å². The maximum absolute atomic E-state index is 12.8. The van der Waals surface area contributed by atoms with Crippen LogP contribution in [-0.4, -0.2) is 29.3 Å². The molecule has 0 aromatic heterocycles. The number of rotatable bonds is 2. The Hall–Kier alpha value is -3.47. The molecular formula is C20H13NO4. The first-order valence-electron chi connectivity index (χ1n) is 7.71. The lowest BCUT2D eigenvalue weighted by Crippen LogP contribution is -2.16. The smallest absolute Gasteiger partial charge is 0.338 e. The number of hydrogen-bond acceptors (Lipinski definition) is 4. The summed E-state index contributed by atoms with van der Waals surface area (Å²) in [6.45, 7) is 0. The van der Waals surface area contributed by atoms with Gasteiger partial charge in [-0.15, -0.1) is 0 Å². The SMILES string of the molecule is COC(=O)c1ccc2c(c1)[N+]([O-])=C(c1cccc3ccccc13)C2=O. The number of esters is 1. The van der Waals surface area contributed by atoms with Crippen LogP contribution in [0.3, 0.4) is 0 Å². The highest BCUT2D eigenvalue weighted by Gasteiger charge is 2.37. The molecule has 122 valence electrons. The van der Waals surface area contributed by atoms with E-state index in [-0.39, 0.29) is 28.3 Å². The van der Waals surface area contributed by atoms with Crippen molar-refractivity contribution in [3.05, 3.63) is 82.6 Å². The molecule has 0 unspecified atom stereocenters. The molecule has 0 saturated carbocycles. The number of hydrogen-bond donors (Lipinski definition) is 0. The van der Waals surface area contributed by atoms with Crippen molar-refractivity contribution in [2.24, 2.45) is 0 Å². The number of nitrogens with zero attached hydrogens (tertiary/aromatic N) is 1. The lowest BCUT2D eigenvalue weighted by Gasteiger charge is -2.06. The molecule has 5 heteroatoms. The van der Waals surface area contributed by atoms with Crippen molar-refractivity contribution < 1.29 is 19.1 Å². The molecule has 25 heavy (non-hydrogen) atoms. The van der Waals surface area contributed by atoms with Crippen LogP contribution in [0.5, 0.6) is 0 Å². The minimum absolute atomic E-state index is 0.0637. The second kappa shape index (κ2) is 5.56. The van der Waals surface area contributed by atoms with Crippen LogP contribution in [0, 0.1) is 5.21 Å². The Morgan fingerprint density at radius 3 is 2.56 bits per heavy atom. The monoisotopic (exact) mass is 331 g/mol. The van der Waals surface area contributed by atoms with Crippen LogP contribution in [0.1, 0.15) is 26.3 Å². The van der Waals surface area contributed by atoms with Gasteiger partial charge in [0.15, 0.2) is 0 Å². The average molecular weight is 331 g/mol. The van der Waals surface area contributed by atoms with Gasteiger partial charge in [-0.2, -0.15) is 4.74 Å². The highest BCUT2D eigenvalue weighted by atomic mass is 16.5. The molecule has 3 aromatic carbocycles. The summed E-state index contributed by atoms with van der Waals surface area (Å²) in [6, 6.07) is 17.4. The molecule has 0 spiro atoms. The summed E-state index contributed by atoms with van der Waals surface area (Å²) in [5, 5.41) is 14.6. The van der Waals surface area contributed by atoms with Gasteiger partial charge in [0.05, 0.1) is 18.2 Å². The van der Waals surface area contributed by atoms with Crippen LogP contribution < -0.4 is 0 Å². The highest BCUT2D eigenvalue weighted by molar-refractivity contribution is 6.53. The molecule has 0 atom stereocenters. The maximum Gasteiger partial charge on any atom is 0.338 e. The van der Waals surface area contributed by atoms with Gasteiger partial charge < -0.3 is 9.94 Å². The van der Waals surface area contributed by atoms with E-state index in [0.717, 1.165) is 10.8 Å².